The third-order valence-electron chi connectivity index (χ3n) is 6.06. The number of nitrogens with zero attached hydrogens (tertiary/aromatic N) is 4. The van der Waals surface area contributed by atoms with Crippen LogP contribution in [0.25, 0.3) is 22.3 Å². The van der Waals surface area contributed by atoms with Gasteiger partial charge in [-0.3, -0.25) is 9.89 Å². The van der Waals surface area contributed by atoms with E-state index in [4.69, 9.17) is 4.98 Å². The zero-order chi connectivity index (χ0) is 22.2. The summed E-state index contributed by atoms with van der Waals surface area (Å²) in [5.74, 6) is 1.77. The highest BCUT2D eigenvalue weighted by Gasteiger charge is 2.29. The van der Waals surface area contributed by atoms with E-state index in [9.17, 15) is 4.79 Å². The number of carbonyl (C=O) groups excluding carboxylic acids is 1. The molecule has 164 valence electrons. The Morgan fingerprint density at radius 2 is 2.00 bits per heavy atom. The number of benzene rings is 2. The third kappa shape index (κ3) is 3.84. The van der Waals surface area contributed by atoms with Crippen molar-refractivity contribution in [3.05, 3.63) is 53.7 Å². The van der Waals surface area contributed by atoms with Crippen molar-refractivity contribution in [1.82, 2.24) is 30.3 Å². The van der Waals surface area contributed by atoms with E-state index in [1.54, 1.807) is 4.68 Å². The summed E-state index contributed by atoms with van der Waals surface area (Å²) in [7, 11) is 1.87. The molecular formula is C24H27N7O. The fourth-order valence-electron chi connectivity index (χ4n) is 3.88. The standard InChI is InChI=1S/C24H27N7O/c1-4-14(2)26-23(32)17-9-7-16(8-10-17)22-28-24(31(3)30-22)27-20-12-11-19-18(13-25-29-19)21(20)15-5-6-15/h7-15H,4-6H2,1-3H3,(H,25,29)(H,26,32)(H,27,28,30). The van der Waals surface area contributed by atoms with Crippen LogP contribution in [0.1, 0.15) is 54.9 Å². The molecular weight excluding hydrogens is 402 g/mol. The molecule has 0 radical (unpaired) electrons. The number of carbonyl (C=O) groups is 1. The van der Waals surface area contributed by atoms with Gasteiger partial charge < -0.3 is 10.6 Å². The monoisotopic (exact) mass is 429 g/mol. The van der Waals surface area contributed by atoms with Crippen molar-refractivity contribution in [2.45, 2.75) is 45.1 Å². The predicted octanol–water partition coefficient (Wildman–Crippen LogP) is 4.51. The zero-order valence-electron chi connectivity index (χ0n) is 18.5. The molecule has 8 heteroatoms. The van der Waals surface area contributed by atoms with Crippen LogP contribution in [0.2, 0.25) is 0 Å². The maximum atomic E-state index is 12.3. The maximum Gasteiger partial charge on any atom is 0.251 e. The van der Waals surface area contributed by atoms with E-state index in [1.807, 2.05) is 57.4 Å². The number of fused-ring (bicyclic) bond motifs is 1. The normalized spacial score (nSPS) is 14.5. The molecule has 2 aromatic carbocycles. The Morgan fingerprint density at radius 3 is 2.72 bits per heavy atom. The van der Waals surface area contributed by atoms with Crippen LogP contribution in [0.4, 0.5) is 11.6 Å². The second-order valence-corrected chi connectivity index (χ2v) is 8.50. The van der Waals surface area contributed by atoms with Crippen LogP contribution in [0.5, 0.6) is 0 Å². The van der Waals surface area contributed by atoms with Gasteiger partial charge >= 0.3 is 0 Å². The van der Waals surface area contributed by atoms with Crippen LogP contribution < -0.4 is 10.6 Å². The minimum Gasteiger partial charge on any atom is -0.350 e. The van der Waals surface area contributed by atoms with Gasteiger partial charge in [0.15, 0.2) is 5.82 Å². The van der Waals surface area contributed by atoms with Gasteiger partial charge in [-0.1, -0.05) is 19.1 Å². The van der Waals surface area contributed by atoms with E-state index < -0.39 is 0 Å². The molecule has 2 aromatic heterocycles. The first-order valence-electron chi connectivity index (χ1n) is 11.1. The molecule has 4 aromatic rings. The Bertz CT molecular complexity index is 1270. The molecule has 0 spiro atoms. The quantitative estimate of drug-likeness (QED) is 0.401. The summed E-state index contributed by atoms with van der Waals surface area (Å²) in [6.07, 6.45) is 5.18. The number of aromatic amines is 1. The van der Waals surface area contributed by atoms with Crippen LogP contribution in [0.15, 0.2) is 42.6 Å². The first-order valence-corrected chi connectivity index (χ1v) is 11.1. The van der Waals surface area contributed by atoms with Gasteiger partial charge in [0, 0.05) is 35.3 Å². The van der Waals surface area contributed by atoms with Crippen LogP contribution in [0.3, 0.4) is 0 Å². The smallest absolute Gasteiger partial charge is 0.251 e. The Hall–Kier alpha value is -3.68. The van der Waals surface area contributed by atoms with E-state index in [-0.39, 0.29) is 11.9 Å². The lowest BCUT2D eigenvalue weighted by atomic mass is 10.0. The molecule has 1 fully saturated rings. The summed E-state index contributed by atoms with van der Waals surface area (Å²) in [4.78, 5) is 17.0. The molecule has 2 heterocycles. The average molecular weight is 430 g/mol. The molecule has 3 N–H and O–H groups in total. The first kappa shape index (κ1) is 20.2. The highest BCUT2D eigenvalue weighted by Crippen LogP contribution is 2.47. The lowest BCUT2D eigenvalue weighted by Gasteiger charge is -2.11. The lowest BCUT2D eigenvalue weighted by molar-refractivity contribution is 0.0939. The number of aromatic nitrogens is 5. The summed E-state index contributed by atoms with van der Waals surface area (Å²) < 4.78 is 1.75. The van der Waals surface area contributed by atoms with Gasteiger partial charge in [-0.2, -0.15) is 10.1 Å². The van der Waals surface area contributed by atoms with Gasteiger partial charge in [-0.15, -0.1) is 5.10 Å². The van der Waals surface area contributed by atoms with Crippen molar-refractivity contribution in [2.75, 3.05) is 5.32 Å². The SMILES string of the molecule is CCC(C)NC(=O)c1ccc(-c2nc(Nc3ccc4[nH]ncc4c3C3CC3)n(C)n2)cc1. The van der Waals surface area contributed by atoms with Crippen molar-refractivity contribution < 1.29 is 4.79 Å². The summed E-state index contributed by atoms with van der Waals surface area (Å²) in [6, 6.07) is 11.7. The molecule has 1 aliphatic carbocycles. The summed E-state index contributed by atoms with van der Waals surface area (Å²) in [5.41, 5.74) is 4.87. The summed E-state index contributed by atoms with van der Waals surface area (Å²) in [6.45, 7) is 4.05. The van der Waals surface area contributed by atoms with Gasteiger partial charge in [0.2, 0.25) is 5.95 Å². The zero-order valence-corrected chi connectivity index (χ0v) is 18.5. The van der Waals surface area contributed by atoms with Gasteiger partial charge in [0.1, 0.15) is 0 Å². The maximum absolute atomic E-state index is 12.3. The van der Waals surface area contributed by atoms with Crippen molar-refractivity contribution >= 4 is 28.4 Å². The molecule has 1 atom stereocenters. The van der Waals surface area contributed by atoms with Gasteiger partial charge in [-0.05, 0) is 61.9 Å². The van der Waals surface area contributed by atoms with E-state index in [1.165, 1.54) is 18.4 Å². The minimum atomic E-state index is -0.0653. The van der Waals surface area contributed by atoms with Crippen LogP contribution >= 0.6 is 0 Å². The molecule has 1 saturated carbocycles. The number of hydrogen-bond donors (Lipinski definition) is 3. The van der Waals surface area contributed by atoms with Crippen molar-refractivity contribution in [2.24, 2.45) is 7.05 Å². The Labute approximate surface area is 186 Å². The largest absolute Gasteiger partial charge is 0.350 e. The fraction of sp³-hybridized carbons (Fsp3) is 0.333. The first-order chi connectivity index (χ1) is 15.5. The molecule has 0 bridgehead atoms. The third-order valence-corrected chi connectivity index (χ3v) is 6.06. The summed E-state index contributed by atoms with van der Waals surface area (Å²) in [5, 5.41) is 19.5. The summed E-state index contributed by atoms with van der Waals surface area (Å²) >= 11 is 0. The Morgan fingerprint density at radius 1 is 1.22 bits per heavy atom. The lowest BCUT2D eigenvalue weighted by Crippen LogP contribution is -2.31. The second-order valence-electron chi connectivity index (χ2n) is 8.50. The van der Waals surface area contributed by atoms with Gasteiger partial charge in [0.05, 0.1) is 11.7 Å². The molecule has 1 aliphatic rings. The van der Waals surface area contributed by atoms with Gasteiger partial charge in [-0.25, -0.2) is 4.68 Å². The highest BCUT2D eigenvalue weighted by molar-refractivity contribution is 5.94. The molecule has 8 nitrogen and oxygen atoms in total. The molecule has 0 aliphatic heterocycles. The second kappa shape index (κ2) is 8.11. The molecule has 1 unspecified atom stereocenters. The number of hydrogen-bond acceptors (Lipinski definition) is 5. The van der Waals surface area contributed by atoms with Crippen molar-refractivity contribution in [3.8, 4) is 11.4 Å². The number of H-pyrrole nitrogens is 1. The van der Waals surface area contributed by atoms with E-state index in [0.29, 0.717) is 23.3 Å². The van der Waals surface area contributed by atoms with E-state index in [2.05, 4.69) is 32.0 Å². The minimum absolute atomic E-state index is 0.0653. The van der Waals surface area contributed by atoms with Crippen LogP contribution in [0, 0.1) is 0 Å². The predicted molar refractivity (Wildman–Crippen MR) is 125 cm³/mol. The Balaban J connectivity index is 1.39. The topological polar surface area (TPSA) is 101 Å². The molecule has 5 rings (SSSR count). The van der Waals surface area contributed by atoms with Crippen molar-refractivity contribution in [3.63, 3.8) is 0 Å². The van der Waals surface area contributed by atoms with E-state index in [0.717, 1.165) is 28.6 Å². The van der Waals surface area contributed by atoms with Crippen LogP contribution in [-0.2, 0) is 7.05 Å². The van der Waals surface area contributed by atoms with E-state index >= 15 is 0 Å². The Kier molecular flexibility index (Phi) is 5.13. The number of anilines is 2. The van der Waals surface area contributed by atoms with Crippen molar-refractivity contribution in [1.29, 1.82) is 0 Å². The number of rotatable bonds is 7. The average Bonchev–Trinajstić information content (AvgIpc) is 3.41. The molecule has 32 heavy (non-hydrogen) atoms. The van der Waals surface area contributed by atoms with Gasteiger partial charge in [0.25, 0.3) is 5.91 Å². The number of amides is 1. The number of nitrogens with one attached hydrogen (secondary N) is 3. The molecule has 1 amide bonds. The highest BCUT2D eigenvalue weighted by atomic mass is 16.1. The fourth-order valence-corrected chi connectivity index (χ4v) is 3.88. The molecule has 0 saturated heterocycles. The number of aryl methyl sites for hydroxylation is 1. The van der Waals surface area contributed by atoms with Crippen LogP contribution in [-0.4, -0.2) is 36.9 Å².